The van der Waals surface area contributed by atoms with E-state index in [1.165, 1.54) is 0 Å². The molecule has 1 heterocycles. The van der Waals surface area contributed by atoms with Crippen molar-refractivity contribution in [3.63, 3.8) is 0 Å². The van der Waals surface area contributed by atoms with Gasteiger partial charge in [-0.15, -0.1) is 0 Å². The number of hydrogen-bond donors (Lipinski definition) is 0. The van der Waals surface area contributed by atoms with Crippen molar-refractivity contribution in [1.29, 1.82) is 0 Å². The average Bonchev–Trinajstić information content (AvgIpc) is 1.96. The molecule has 0 aliphatic carbocycles. The van der Waals surface area contributed by atoms with Crippen LogP contribution in [0.5, 0.6) is 0 Å². The number of nitrogens with zero attached hydrogens (tertiary/aromatic N) is 1. The van der Waals surface area contributed by atoms with Crippen LogP contribution in [0.15, 0.2) is 12.1 Å². The summed E-state index contributed by atoms with van der Waals surface area (Å²) < 4.78 is 51.8. The second-order valence-corrected chi connectivity index (χ2v) is 3.09. The Hall–Kier alpha value is -1.14. The summed E-state index contributed by atoms with van der Waals surface area (Å²) in [6, 6.07) is 3.62. The molecule has 0 saturated heterocycles. The second kappa shape index (κ2) is 5.09. The van der Waals surface area contributed by atoms with Gasteiger partial charge < -0.3 is 17.3 Å². The Bertz CT molecular complexity index is 307. The van der Waals surface area contributed by atoms with Gasteiger partial charge in [0.05, 0.1) is 4.48 Å². The average molecular weight is 227 g/mol. The maximum atomic E-state index is 12.8. The van der Waals surface area contributed by atoms with E-state index in [9.17, 15) is 21.7 Å². The summed E-state index contributed by atoms with van der Waals surface area (Å²) in [5.41, 5.74) is 2.40. The van der Waals surface area contributed by atoms with Crippen molar-refractivity contribution in [2.75, 3.05) is 0 Å². The fourth-order valence-corrected chi connectivity index (χ4v) is 1.09. The molecule has 1 rings (SSSR count). The summed E-state index contributed by atoms with van der Waals surface area (Å²) >= 11 is 0. The van der Waals surface area contributed by atoms with Gasteiger partial charge in [0.1, 0.15) is 0 Å². The third-order valence-electron chi connectivity index (χ3n) is 1.49. The molecule has 1 aromatic heterocycles. The lowest BCUT2D eigenvalue weighted by Crippen LogP contribution is -2.30. The SMILES string of the molecule is Cc1cc(C)[n+](F)c(C)c1.F[B-](F)(F)F. The summed E-state index contributed by atoms with van der Waals surface area (Å²) in [4.78, 5) is 0.688. The van der Waals surface area contributed by atoms with Gasteiger partial charge >= 0.3 is 7.25 Å². The van der Waals surface area contributed by atoms with Gasteiger partial charge in [-0.3, -0.25) is 0 Å². The van der Waals surface area contributed by atoms with Gasteiger partial charge in [0.25, 0.3) is 0 Å². The lowest BCUT2D eigenvalue weighted by atomic mass is 10.2. The van der Waals surface area contributed by atoms with Gasteiger partial charge in [-0.2, -0.15) is 0 Å². The van der Waals surface area contributed by atoms with Crippen LogP contribution in [0.1, 0.15) is 17.0 Å². The number of aromatic nitrogens is 1. The molecule has 1 aromatic rings. The smallest absolute Gasteiger partial charge is 0.418 e. The van der Waals surface area contributed by atoms with E-state index < -0.39 is 7.25 Å². The molecule has 0 fully saturated rings. The third-order valence-corrected chi connectivity index (χ3v) is 1.49. The van der Waals surface area contributed by atoms with Crippen LogP contribution in [-0.2, 0) is 0 Å². The quantitative estimate of drug-likeness (QED) is 0.473. The monoisotopic (exact) mass is 227 g/mol. The first-order valence-electron chi connectivity index (χ1n) is 4.14. The molecule has 86 valence electrons. The molecule has 0 aromatic carbocycles. The summed E-state index contributed by atoms with van der Waals surface area (Å²) in [7, 11) is -6.00. The predicted molar refractivity (Wildman–Crippen MR) is 47.5 cm³/mol. The van der Waals surface area contributed by atoms with Crippen LogP contribution in [0.2, 0.25) is 0 Å². The molecule has 0 bridgehead atoms. The summed E-state index contributed by atoms with van der Waals surface area (Å²) in [5.74, 6) is 0. The van der Waals surface area contributed by atoms with Crippen molar-refractivity contribution < 1.29 is 26.5 Å². The topological polar surface area (TPSA) is 3.88 Å². The van der Waals surface area contributed by atoms with E-state index in [1.54, 1.807) is 13.8 Å². The van der Waals surface area contributed by atoms with Crippen LogP contribution in [0.25, 0.3) is 0 Å². The standard InChI is InChI=1S/C8H11FN.BF4/c1-6-4-7(2)10(9)8(3)5-6;2-1(3,4)5/h4-5H,1-3H3;/q+1;-1. The molecular weight excluding hydrogens is 216 g/mol. The Morgan fingerprint density at radius 3 is 1.47 bits per heavy atom. The number of halogens is 5. The largest absolute Gasteiger partial charge is 0.673 e. The molecule has 0 aliphatic rings. The molecule has 0 unspecified atom stereocenters. The van der Waals surface area contributed by atoms with E-state index in [1.807, 2.05) is 19.1 Å². The third kappa shape index (κ3) is 6.87. The Balaban J connectivity index is 0.000000336. The van der Waals surface area contributed by atoms with Crippen molar-refractivity contribution in [3.8, 4) is 0 Å². The van der Waals surface area contributed by atoms with E-state index in [0.717, 1.165) is 5.56 Å². The van der Waals surface area contributed by atoms with Gasteiger partial charge in [-0.25, -0.2) is 0 Å². The van der Waals surface area contributed by atoms with Crippen LogP contribution in [0.4, 0.5) is 21.7 Å². The van der Waals surface area contributed by atoms with Crippen molar-refractivity contribution in [2.45, 2.75) is 20.8 Å². The van der Waals surface area contributed by atoms with Crippen LogP contribution < -0.4 is 4.79 Å². The van der Waals surface area contributed by atoms with Gasteiger partial charge in [-0.1, -0.05) is 0 Å². The minimum Gasteiger partial charge on any atom is -0.418 e. The summed E-state index contributed by atoms with van der Waals surface area (Å²) in [5, 5.41) is 0. The zero-order valence-corrected chi connectivity index (χ0v) is 8.57. The van der Waals surface area contributed by atoms with E-state index in [0.29, 0.717) is 16.2 Å². The Labute approximate surface area is 84.6 Å². The molecule has 7 heteroatoms. The number of aryl methyl sites for hydroxylation is 3. The van der Waals surface area contributed by atoms with Crippen molar-refractivity contribution in [3.05, 3.63) is 29.1 Å². The minimum atomic E-state index is -6.00. The molecule has 15 heavy (non-hydrogen) atoms. The van der Waals surface area contributed by atoms with Gasteiger partial charge in [-0.05, 0) is 12.5 Å². The highest BCUT2D eigenvalue weighted by Crippen LogP contribution is 2.06. The molecule has 0 spiro atoms. The van der Waals surface area contributed by atoms with E-state index >= 15 is 0 Å². The van der Waals surface area contributed by atoms with Crippen LogP contribution >= 0.6 is 0 Å². The fourth-order valence-electron chi connectivity index (χ4n) is 1.09. The van der Waals surface area contributed by atoms with Crippen LogP contribution in [0, 0.1) is 20.8 Å². The highest BCUT2D eigenvalue weighted by molar-refractivity contribution is 6.50. The fraction of sp³-hybridized carbons (Fsp3) is 0.375. The molecule has 0 saturated carbocycles. The van der Waals surface area contributed by atoms with Crippen molar-refractivity contribution >= 4 is 7.25 Å². The van der Waals surface area contributed by atoms with E-state index in [-0.39, 0.29) is 0 Å². The first kappa shape index (κ1) is 13.9. The lowest BCUT2D eigenvalue weighted by molar-refractivity contribution is -0.852. The number of rotatable bonds is 0. The summed E-state index contributed by atoms with van der Waals surface area (Å²) in [6.45, 7) is 5.46. The zero-order chi connectivity index (χ0) is 12.2. The maximum absolute atomic E-state index is 12.8. The Morgan fingerprint density at radius 2 is 1.20 bits per heavy atom. The molecule has 1 nitrogen and oxygen atoms in total. The highest BCUT2D eigenvalue weighted by Gasteiger charge is 2.20. The Kier molecular flexibility index (Phi) is 4.70. The summed E-state index contributed by atoms with van der Waals surface area (Å²) in [6.07, 6.45) is 0. The van der Waals surface area contributed by atoms with Crippen LogP contribution in [0.3, 0.4) is 0 Å². The van der Waals surface area contributed by atoms with Crippen molar-refractivity contribution in [1.82, 2.24) is 0 Å². The van der Waals surface area contributed by atoms with Gasteiger partial charge in [0.15, 0.2) is 0 Å². The second-order valence-electron chi connectivity index (χ2n) is 3.09. The highest BCUT2D eigenvalue weighted by atomic mass is 19.5. The number of hydrogen-bond acceptors (Lipinski definition) is 0. The molecule has 0 atom stereocenters. The first-order chi connectivity index (χ1) is 6.61. The number of pyridine rings is 1. The molecule has 0 N–H and O–H groups in total. The predicted octanol–water partition coefficient (Wildman–Crippen LogP) is 2.93. The van der Waals surface area contributed by atoms with E-state index in [4.69, 9.17) is 0 Å². The van der Waals surface area contributed by atoms with E-state index in [2.05, 4.69) is 0 Å². The van der Waals surface area contributed by atoms with Crippen LogP contribution in [-0.4, -0.2) is 7.25 Å². The lowest BCUT2D eigenvalue weighted by Gasteiger charge is -1.94. The maximum Gasteiger partial charge on any atom is 0.673 e. The normalized spacial score (nSPS) is 10.7. The molecular formula is C8H11BF5N. The molecule has 0 amide bonds. The van der Waals surface area contributed by atoms with Gasteiger partial charge in [0, 0.05) is 30.8 Å². The Morgan fingerprint density at radius 1 is 0.933 bits per heavy atom. The first-order valence-corrected chi connectivity index (χ1v) is 4.14. The van der Waals surface area contributed by atoms with Crippen molar-refractivity contribution in [2.24, 2.45) is 0 Å². The zero-order valence-electron chi connectivity index (χ0n) is 8.57. The van der Waals surface area contributed by atoms with Gasteiger partial charge in [0.2, 0.25) is 11.4 Å². The molecule has 0 radical (unpaired) electrons. The minimum absolute atomic E-state index is 0.650. The molecule has 0 aliphatic heterocycles.